The van der Waals surface area contributed by atoms with E-state index in [2.05, 4.69) is 25.7 Å². The molecule has 0 atom stereocenters. The van der Waals surface area contributed by atoms with Gasteiger partial charge in [0, 0.05) is 36.3 Å². The molecular weight excluding hydrogens is 439 g/mol. The summed E-state index contributed by atoms with van der Waals surface area (Å²) in [6.45, 7) is 0.324. The van der Waals surface area contributed by atoms with E-state index in [-0.39, 0.29) is 5.82 Å². The third kappa shape index (κ3) is 4.70. The molecule has 0 aliphatic heterocycles. The van der Waals surface area contributed by atoms with Gasteiger partial charge in [0.15, 0.2) is 5.82 Å². The van der Waals surface area contributed by atoms with E-state index in [4.69, 9.17) is 10.5 Å². The number of nitrogens with two attached hydrogens (primary N) is 1. The van der Waals surface area contributed by atoms with Gasteiger partial charge in [0.2, 0.25) is 0 Å². The number of alkyl halides is 3. The number of fused-ring (bicyclic) bond motifs is 1. The van der Waals surface area contributed by atoms with Crippen molar-refractivity contribution in [2.45, 2.75) is 12.8 Å². The van der Waals surface area contributed by atoms with Gasteiger partial charge < -0.3 is 15.8 Å². The minimum atomic E-state index is -4.54. The maximum Gasteiger partial charge on any atom is 0.416 e. The fourth-order valence-corrected chi connectivity index (χ4v) is 3.35. The van der Waals surface area contributed by atoms with E-state index in [9.17, 15) is 18.0 Å². The summed E-state index contributed by atoms with van der Waals surface area (Å²) in [5.41, 5.74) is 8.62. The van der Waals surface area contributed by atoms with E-state index in [0.717, 1.165) is 35.0 Å². The Kier molecular flexibility index (Phi) is 5.84. The summed E-state index contributed by atoms with van der Waals surface area (Å²) < 4.78 is 45.4. The second-order valence-corrected chi connectivity index (χ2v) is 6.98. The van der Waals surface area contributed by atoms with Gasteiger partial charge in [0.25, 0.3) is 0 Å². The zero-order valence-electron chi connectivity index (χ0n) is 17.2. The van der Waals surface area contributed by atoms with Gasteiger partial charge >= 0.3 is 12.2 Å². The van der Waals surface area contributed by atoms with Crippen molar-refractivity contribution >= 4 is 28.9 Å². The van der Waals surface area contributed by atoms with Crippen LogP contribution in [0.25, 0.3) is 16.6 Å². The van der Waals surface area contributed by atoms with Gasteiger partial charge in [-0.1, -0.05) is 12.1 Å². The first kappa shape index (κ1) is 22.0. The summed E-state index contributed by atoms with van der Waals surface area (Å²) in [6.07, 6.45) is -0.408. The van der Waals surface area contributed by atoms with E-state index in [1.807, 2.05) is 0 Å². The van der Waals surface area contributed by atoms with Crippen molar-refractivity contribution in [2.24, 2.45) is 0 Å². The molecule has 0 bridgehead atoms. The zero-order chi connectivity index (χ0) is 23.6. The maximum absolute atomic E-state index is 12.8. The summed E-state index contributed by atoms with van der Waals surface area (Å²) in [7, 11) is 1.58. The predicted molar refractivity (Wildman–Crippen MR) is 115 cm³/mol. The van der Waals surface area contributed by atoms with E-state index < -0.39 is 17.8 Å². The molecule has 33 heavy (non-hydrogen) atoms. The summed E-state index contributed by atoms with van der Waals surface area (Å²) in [5, 5.41) is 9.02. The first-order chi connectivity index (χ1) is 15.8. The van der Waals surface area contributed by atoms with Crippen LogP contribution in [0.1, 0.15) is 11.1 Å². The van der Waals surface area contributed by atoms with Gasteiger partial charge in [-0.25, -0.2) is 19.3 Å². The molecule has 0 saturated carbocycles. The molecule has 3 heterocycles. The van der Waals surface area contributed by atoms with Crippen LogP contribution < -0.4 is 16.4 Å². The highest BCUT2D eigenvalue weighted by Crippen LogP contribution is 2.33. The van der Waals surface area contributed by atoms with Crippen LogP contribution in [0.3, 0.4) is 0 Å². The van der Waals surface area contributed by atoms with Crippen LogP contribution in [-0.2, 0) is 17.5 Å². The number of halogens is 3. The smallest absolute Gasteiger partial charge is 0.382 e. The van der Waals surface area contributed by atoms with Crippen molar-refractivity contribution in [3.63, 3.8) is 0 Å². The van der Waals surface area contributed by atoms with E-state index >= 15 is 0 Å². The summed E-state index contributed by atoms with van der Waals surface area (Å²) in [6, 6.07) is 7.66. The molecule has 4 rings (SSSR count). The number of rotatable bonds is 5. The number of hydrogen-bond acceptors (Lipinski definition) is 6. The lowest BCUT2D eigenvalue weighted by Gasteiger charge is -2.11. The number of ether oxygens (including phenoxy) is 1. The van der Waals surface area contributed by atoms with Crippen LogP contribution in [0.4, 0.5) is 35.3 Å². The number of hydrogen-bond donors (Lipinski definition) is 3. The highest BCUT2D eigenvalue weighted by Gasteiger charge is 2.30. The Morgan fingerprint density at radius 2 is 1.91 bits per heavy atom. The highest BCUT2D eigenvalue weighted by atomic mass is 19.4. The molecule has 0 fully saturated rings. The normalized spacial score (nSPS) is 11.5. The second-order valence-electron chi connectivity index (χ2n) is 6.98. The molecule has 9 nitrogen and oxygen atoms in total. The number of carbonyl (C=O) groups excluding carboxylic acids is 1. The SMILES string of the molecule is COCc1cn2ncnc(N)c2c1-c1ccc(NC(=O)Nc2cc(C(F)(F)F)ccn2)cc1. The Labute approximate surface area is 185 Å². The zero-order valence-corrected chi connectivity index (χ0v) is 17.2. The van der Waals surface area contributed by atoms with Crippen LogP contribution in [0.5, 0.6) is 0 Å². The number of urea groups is 1. The van der Waals surface area contributed by atoms with Crippen molar-refractivity contribution in [2.75, 3.05) is 23.5 Å². The van der Waals surface area contributed by atoms with Gasteiger partial charge in [-0.3, -0.25) is 5.32 Å². The minimum Gasteiger partial charge on any atom is -0.382 e. The molecule has 0 aliphatic carbocycles. The van der Waals surface area contributed by atoms with Gasteiger partial charge in [-0.15, -0.1) is 0 Å². The summed E-state index contributed by atoms with van der Waals surface area (Å²) >= 11 is 0. The quantitative estimate of drug-likeness (QED) is 0.414. The number of benzene rings is 1. The maximum atomic E-state index is 12.8. The van der Waals surface area contributed by atoms with Crippen LogP contribution in [-0.4, -0.2) is 32.7 Å². The van der Waals surface area contributed by atoms with Crippen LogP contribution in [0, 0.1) is 0 Å². The van der Waals surface area contributed by atoms with Crippen LogP contribution in [0.2, 0.25) is 0 Å². The number of nitrogens with one attached hydrogen (secondary N) is 2. The number of nitrogen functional groups attached to an aromatic ring is 1. The molecule has 0 radical (unpaired) electrons. The molecule has 0 unspecified atom stereocenters. The van der Waals surface area contributed by atoms with Gasteiger partial charge in [0.1, 0.15) is 17.7 Å². The number of anilines is 3. The van der Waals surface area contributed by atoms with E-state index in [0.29, 0.717) is 23.6 Å². The number of amides is 2. The molecule has 0 aliphatic rings. The molecule has 3 aromatic heterocycles. The molecule has 2 amide bonds. The first-order valence-electron chi connectivity index (χ1n) is 9.57. The van der Waals surface area contributed by atoms with Crippen molar-refractivity contribution in [3.8, 4) is 11.1 Å². The lowest BCUT2D eigenvalue weighted by atomic mass is 10.0. The molecule has 0 spiro atoms. The van der Waals surface area contributed by atoms with Crippen molar-refractivity contribution in [3.05, 3.63) is 66.2 Å². The van der Waals surface area contributed by atoms with Crippen LogP contribution in [0.15, 0.2) is 55.1 Å². The lowest BCUT2D eigenvalue weighted by molar-refractivity contribution is -0.137. The molecule has 1 aromatic carbocycles. The van der Waals surface area contributed by atoms with Crippen molar-refractivity contribution in [1.82, 2.24) is 19.6 Å². The summed E-state index contributed by atoms with van der Waals surface area (Å²) in [4.78, 5) is 20.0. The topological polar surface area (TPSA) is 119 Å². The van der Waals surface area contributed by atoms with Gasteiger partial charge in [-0.05, 0) is 29.8 Å². The first-order valence-corrected chi connectivity index (χ1v) is 9.57. The second kappa shape index (κ2) is 8.74. The minimum absolute atomic E-state index is 0.223. The Hall–Kier alpha value is -4.19. The lowest BCUT2D eigenvalue weighted by Crippen LogP contribution is -2.20. The molecule has 12 heteroatoms. The predicted octanol–water partition coefficient (Wildman–Crippen LogP) is 4.18. The fraction of sp³-hybridized carbons (Fsp3) is 0.143. The Bertz CT molecular complexity index is 1300. The molecule has 4 aromatic rings. The Morgan fingerprint density at radius 1 is 1.15 bits per heavy atom. The Morgan fingerprint density at radius 3 is 2.61 bits per heavy atom. The van der Waals surface area contributed by atoms with Crippen LogP contribution >= 0.6 is 0 Å². The third-order valence-corrected chi connectivity index (χ3v) is 4.74. The third-order valence-electron chi connectivity index (χ3n) is 4.74. The number of pyridine rings is 1. The van der Waals surface area contributed by atoms with Crippen molar-refractivity contribution in [1.29, 1.82) is 0 Å². The van der Waals surface area contributed by atoms with E-state index in [1.165, 1.54) is 6.33 Å². The molecule has 4 N–H and O–H groups in total. The fourth-order valence-electron chi connectivity index (χ4n) is 3.35. The largest absolute Gasteiger partial charge is 0.416 e. The number of carbonyl (C=O) groups is 1. The Balaban J connectivity index is 1.54. The highest BCUT2D eigenvalue weighted by molar-refractivity contribution is 5.99. The molecule has 170 valence electrons. The standard InChI is InChI=1S/C21H18F3N7O2/c1-33-10-13-9-31-18(19(25)27-11-28-31)17(13)12-2-4-15(5-3-12)29-20(32)30-16-8-14(6-7-26-16)21(22,23)24/h2-9,11H,10H2,1H3,(H2,25,27,28)(H2,26,29,30,32). The average Bonchev–Trinajstić information content (AvgIpc) is 3.13. The number of aromatic nitrogens is 4. The van der Waals surface area contributed by atoms with Gasteiger partial charge in [0.05, 0.1) is 12.2 Å². The van der Waals surface area contributed by atoms with Gasteiger partial charge in [-0.2, -0.15) is 18.3 Å². The van der Waals surface area contributed by atoms with Crippen molar-refractivity contribution < 1.29 is 22.7 Å². The molecule has 0 saturated heterocycles. The van der Waals surface area contributed by atoms with E-state index in [1.54, 1.807) is 42.1 Å². The number of nitrogens with zero attached hydrogens (tertiary/aromatic N) is 4. The monoisotopic (exact) mass is 457 g/mol. The average molecular weight is 457 g/mol. The molecular formula is C21H18F3N7O2. The summed E-state index contributed by atoms with van der Waals surface area (Å²) in [5.74, 6) is 0.0800. The number of methoxy groups -OCH3 is 1.